The molecule has 0 saturated heterocycles. The first-order valence-electron chi connectivity index (χ1n) is 6.22. The lowest BCUT2D eigenvalue weighted by molar-refractivity contribution is 0.190. The summed E-state index contributed by atoms with van der Waals surface area (Å²) in [4.78, 5) is 0. The first-order valence-corrected chi connectivity index (χ1v) is 6.22. The first-order chi connectivity index (χ1) is 10.4. The average Bonchev–Trinajstić information content (AvgIpc) is 2.77. The van der Waals surface area contributed by atoms with Gasteiger partial charge in [-0.05, 0) is 23.3 Å². The largest absolute Gasteiger partial charge is 0.384 e. The Balaban J connectivity index is 2.42. The van der Waals surface area contributed by atoms with Gasteiger partial charge in [0.2, 0.25) is 0 Å². The van der Waals surface area contributed by atoms with E-state index in [1.807, 2.05) is 0 Å². The van der Waals surface area contributed by atoms with Crippen molar-refractivity contribution in [2.75, 3.05) is 13.7 Å². The molecule has 0 saturated carbocycles. The zero-order valence-corrected chi connectivity index (χ0v) is 11.1. The monoisotopic (exact) mass is 318 g/mol. The zero-order valence-electron chi connectivity index (χ0n) is 11.1. The molecule has 0 heterocycles. The van der Waals surface area contributed by atoms with Crippen LogP contribution < -0.4 is 0 Å². The van der Waals surface area contributed by atoms with Crippen molar-refractivity contribution in [1.82, 2.24) is 0 Å². The van der Waals surface area contributed by atoms with Crippen LogP contribution in [0.5, 0.6) is 0 Å². The normalized spacial score (nSPS) is 13.4. The Kier molecular flexibility index (Phi) is 3.40. The van der Waals surface area contributed by atoms with E-state index in [-0.39, 0.29) is 17.7 Å². The van der Waals surface area contributed by atoms with Gasteiger partial charge in [0.05, 0.1) is 6.61 Å². The molecule has 1 aliphatic carbocycles. The van der Waals surface area contributed by atoms with Gasteiger partial charge in [-0.1, -0.05) is 0 Å². The van der Waals surface area contributed by atoms with Crippen molar-refractivity contribution in [3.8, 4) is 11.1 Å². The van der Waals surface area contributed by atoms with E-state index < -0.39 is 51.9 Å². The van der Waals surface area contributed by atoms with E-state index in [9.17, 15) is 26.3 Å². The fourth-order valence-electron chi connectivity index (χ4n) is 2.80. The molecule has 22 heavy (non-hydrogen) atoms. The Morgan fingerprint density at radius 1 is 0.773 bits per heavy atom. The van der Waals surface area contributed by atoms with Crippen molar-refractivity contribution < 1.29 is 31.1 Å². The highest BCUT2D eigenvalue weighted by molar-refractivity contribution is 5.80. The predicted molar refractivity (Wildman–Crippen MR) is 65.3 cm³/mol. The summed E-state index contributed by atoms with van der Waals surface area (Å²) in [6.07, 6.45) is 0. The van der Waals surface area contributed by atoms with E-state index in [1.54, 1.807) is 0 Å². The van der Waals surface area contributed by atoms with Crippen LogP contribution >= 0.6 is 0 Å². The molecule has 0 radical (unpaired) electrons. The summed E-state index contributed by atoms with van der Waals surface area (Å²) in [6, 6.07) is 1.37. The second-order valence-corrected chi connectivity index (χ2v) is 4.91. The summed E-state index contributed by atoms with van der Waals surface area (Å²) in [5.41, 5.74) is -1.44. The van der Waals surface area contributed by atoms with E-state index >= 15 is 0 Å². The summed E-state index contributed by atoms with van der Waals surface area (Å²) in [5.74, 6) is -10.7. The third-order valence-electron chi connectivity index (χ3n) is 3.72. The molecule has 0 amide bonds. The molecule has 2 aromatic carbocycles. The molecule has 2 aromatic rings. The highest BCUT2D eigenvalue weighted by Gasteiger charge is 2.38. The molecule has 0 aliphatic heterocycles. The predicted octanol–water partition coefficient (Wildman–Crippen LogP) is 4.28. The number of methoxy groups -OCH3 is 1. The molecular weight excluding hydrogens is 310 g/mol. The number of hydrogen-bond donors (Lipinski definition) is 0. The van der Waals surface area contributed by atoms with E-state index in [1.165, 1.54) is 7.11 Å². The van der Waals surface area contributed by atoms with Gasteiger partial charge in [0, 0.05) is 24.2 Å². The maximum absolute atomic E-state index is 14.0. The SMILES string of the molecule is COCC1c2cc(F)c(F)c(F)c2-c2c1cc(F)c(F)c2F. The third kappa shape index (κ3) is 1.85. The molecule has 7 heteroatoms. The highest BCUT2D eigenvalue weighted by Crippen LogP contribution is 2.49. The number of fused-ring (bicyclic) bond motifs is 3. The van der Waals surface area contributed by atoms with Gasteiger partial charge in [-0.15, -0.1) is 0 Å². The number of benzene rings is 2. The van der Waals surface area contributed by atoms with Crippen LogP contribution in [0.15, 0.2) is 12.1 Å². The summed E-state index contributed by atoms with van der Waals surface area (Å²) in [6.45, 7) is -0.158. The average molecular weight is 318 g/mol. The molecule has 0 atom stereocenters. The molecule has 0 fully saturated rings. The van der Waals surface area contributed by atoms with E-state index in [0.29, 0.717) is 12.1 Å². The Hall–Kier alpha value is -2.02. The summed E-state index contributed by atoms with van der Waals surface area (Å²) in [5, 5.41) is 0. The lowest BCUT2D eigenvalue weighted by Crippen LogP contribution is -2.07. The maximum atomic E-state index is 14.0. The van der Waals surface area contributed by atoms with Gasteiger partial charge in [0.15, 0.2) is 34.9 Å². The first kappa shape index (κ1) is 14.9. The van der Waals surface area contributed by atoms with Gasteiger partial charge in [0.1, 0.15) is 0 Å². The highest BCUT2D eigenvalue weighted by atomic mass is 19.2. The molecule has 0 unspecified atom stereocenters. The number of ether oxygens (including phenoxy) is 1. The van der Waals surface area contributed by atoms with Crippen molar-refractivity contribution in [2.24, 2.45) is 0 Å². The minimum absolute atomic E-state index is 0.114. The van der Waals surface area contributed by atoms with Crippen LogP contribution in [0.25, 0.3) is 11.1 Å². The van der Waals surface area contributed by atoms with Crippen LogP contribution in [0.4, 0.5) is 26.3 Å². The lowest BCUT2D eigenvalue weighted by Gasteiger charge is -2.12. The molecule has 1 nitrogen and oxygen atoms in total. The van der Waals surface area contributed by atoms with E-state index in [2.05, 4.69) is 0 Å². The lowest BCUT2D eigenvalue weighted by atomic mass is 9.97. The van der Waals surface area contributed by atoms with Crippen LogP contribution in [0.1, 0.15) is 17.0 Å². The smallest absolute Gasteiger partial charge is 0.195 e. The van der Waals surface area contributed by atoms with E-state index in [0.717, 1.165) is 0 Å². The van der Waals surface area contributed by atoms with Crippen molar-refractivity contribution in [1.29, 1.82) is 0 Å². The van der Waals surface area contributed by atoms with Crippen LogP contribution in [-0.2, 0) is 4.74 Å². The summed E-state index contributed by atoms with van der Waals surface area (Å²) < 4.78 is 86.7. The third-order valence-corrected chi connectivity index (χ3v) is 3.72. The number of rotatable bonds is 2. The van der Waals surface area contributed by atoms with Crippen LogP contribution in [0.3, 0.4) is 0 Å². The number of halogens is 6. The van der Waals surface area contributed by atoms with Crippen LogP contribution in [-0.4, -0.2) is 13.7 Å². The molecule has 116 valence electrons. The quantitative estimate of drug-likeness (QED) is 0.593. The second kappa shape index (κ2) is 5.01. The standard InChI is InChI=1S/C15H8F6O/c1-22-4-7-5-2-8(16)12(18)14(20)10(5)11-6(7)3-9(17)13(19)15(11)21/h2-3,7H,4H2,1H3. The molecule has 3 rings (SSSR count). The Labute approximate surface area is 121 Å². The molecule has 0 aromatic heterocycles. The Morgan fingerprint density at radius 2 is 1.18 bits per heavy atom. The van der Waals surface area contributed by atoms with Gasteiger partial charge in [-0.25, -0.2) is 26.3 Å². The second-order valence-electron chi connectivity index (χ2n) is 4.91. The zero-order chi connectivity index (χ0) is 16.2. The van der Waals surface area contributed by atoms with Crippen molar-refractivity contribution in [2.45, 2.75) is 5.92 Å². The fraction of sp³-hybridized carbons (Fsp3) is 0.200. The van der Waals surface area contributed by atoms with Crippen LogP contribution in [0.2, 0.25) is 0 Å². The van der Waals surface area contributed by atoms with Crippen molar-refractivity contribution in [3.63, 3.8) is 0 Å². The van der Waals surface area contributed by atoms with Gasteiger partial charge < -0.3 is 4.74 Å². The minimum atomic E-state index is -1.80. The van der Waals surface area contributed by atoms with Gasteiger partial charge in [-0.2, -0.15) is 0 Å². The minimum Gasteiger partial charge on any atom is -0.384 e. The molecule has 0 bridgehead atoms. The fourth-order valence-corrected chi connectivity index (χ4v) is 2.80. The summed E-state index contributed by atoms with van der Waals surface area (Å²) in [7, 11) is 1.28. The Bertz CT molecular complexity index is 723. The summed E-state index contributed by atoms with van der Waals surface area (Å²) >= 11 is 0. The molecule has 0 N–H and O–H groups in total. The van der Waals surface area contributed by atoms with Gasteiger partial charge in [0.25, 0.3) is 0 Å². The van der Waals surface area contributed by atoms with E-state index in [4.69, 9.17) is 4.74 Å². The molecule has 0 spiro atoms. The van der Waals surface area contributed by atoms with Crippen molar-refractivity contribution in [3.05, 3.63) is 58.2 Å². The Morgan fingerprint density at radius 3 is 1.55 bits per heavy atom. The van der Waals surface area contributed by atoms with Crippen molar-refractivity contribution >= 4 is 0 Å². The molecular formula is C15H8F6O. The van der Waals surface area contributed by atoms with Crippen LogP contribution in [0, 0.1) is 34.9 Å². The van der Waals surface area contributed by atoms with Gasteiger partial charge in [-0.3, -0.25) is 0 Å². The number of hydrogen-bond acceptors (Lipinski definition) is 1. The maximum Gasteiger partial charge on any atom is 0.195 e. The van der Waals surface area contributed by atoms with Gasteiger partial charge >= 0.3 is 0 Å². The molecule has 1 aliphatic rings. The topological polar surface area (TPSA) is 9.23 Å².